The number of para-hydroxylation sites is 1. The van der Waals surface area contributed by atoms with E-state index < -0.39 is 6.04 Å². The van der Waals surface area contributed by atoms with Gasteiger partial charge in [0.1, 0.15) is 24.8 Å². The first-order valence-electron chi connectivity index (χ1n) is 13.7. The monoisotopic (exact) mass is 532 g/mol. The maximum atomic E-state index is 15.6. The van der Waals surface area contributed by atoms with Crippen molar-refractivity contribution in [3.05, 3.63) is 83.2 Å². The van der Waals surface area contributed by atoms with Gasteiger partial charge >= 0.3 is 0 Å². The molecule has 0 amide bonds. The lowest BCUT2D eigenvalue weighted by molar-refractivity contribution is -0.129. The molecule has 0 saturated carbocycles. The maximum Gasteiger partial charge on any atom is 0.293 e. The van der Waals surface area contributed by atoms with E-state index in [1.54, 1.807) is 13.0 Å². The second-order valence-corrected chi connectivity index (χ2v) is 10.8. The van der Waals surface area contributed by atoms with E-state index in [9.17, 15) is 4.79 Å². The molecular formula is C32H37FN2O4. The first kappa shape index (κ1) is 27.2. The van der Waals surface area contributed by atoms with Gasteiger partial charge in [-0.25, -0.2) is 4.39 Å². The number of nitrogens with two attached hydrogens (primary N) is 1. The quantitative estimate of drug-likeness (QED) is 0.333. The summed E-state index contributed by atoms with van der Waals surface area (Å²) in [7, 11) is 0. The topological polar surface area (TPSA) is 74.0 Å². The van der Waals surface area contributed by atoms with Crippen molar-refractivity contribution < 1.29 is 23.4 Å². The smallest absolute Gasteiger partial charge is 0.293 e. The average Bonchev–Trinajstić information content (AvgIpc) is 2.96. The predicted octanol–water partition coefficient (Wildman–Crippen LogP) is 6.16. The van der Waals surface area contributed by atoms with Crippen LogP contribution >= 0.6 is 0 Å². The van der Waals surface area contributed by atoms with Gasteiger partial charge in [0.2, 0.25) is 0 Å². The fourth-order valence-electron chi connectivity index (χ4n) is 5.81. The van der Waals surface area contributed by atoms with Gasteiger partial charge in [-0.15, -0.1) is 0 Å². The van der Waals surface area contributed by atoms with Crippen LogP contribution in [0.2, 0.25) is 0 Å². The van der Waals surface area contributed by atoms with Crippen molar-refractivity contribution >= 4 is 12.2 Å². The highest BCUT2D eigenvalue weighted by molar-refractivity contribution is 5.71. The highest BCUT2D eigenvalue weighted by Crippen LogP contribution is 2.42. The molecule has 3 aromatic carbocycles. The minimum atomic E-state index is -0.404. The molecule has 3 aromatic rings. The Hall–Kier alpha value is -3.42. The molecule has 5 rings (SSSR count). The molecule has 1 atom stereocenters. The van der Waals surface area contributed by atoms with Crippen molar-refractivity contribution in [2.75, 3.05) is 31.2 Å². The zero-order valence-corrected chi connectivity index (χ0v) is 22.5. The number of halogens is 1. The number of rotatable bonds is 9. The maximum absolute atomic E-state index is 15.6. The standard InChI is InChI=1S/C32H37FN2O4/c1-23(34)28-6-4-7-29(31(28)33)26-17-24(20-39-30-8-3-2-5-25(30)21-38-22-36)18-27(19-26)35-13-9-32(10-14-35)11-15-37-16-12-32/h2-8,17-19,22-23H,9-16,20-21,34H2,1H3. The number of hydrogen-bond donors (Lipinski definition) is 1. The van der Waals surface area contributed by atoms with E-state index in [-0.39, 0.29) is 12.4 Å². The molecule has 206 valence electrons. The molecular weight excluding hydrogens is 495 g/mol. The summed E-state index contributed by atoms with van der Waals surface area (Å²) in [5.74, 6) is 0.364. The number of nitrogens with zero attached hydrogens (tertiary/aromatic N) is 1. The van der Waals surface area contributed by atoms with Crippen LogP contribution in [0, 0.1) is 11.2 Å². The van der Waals surface area contributed by atoms with Crippen LogP contribution in [0.15, 0.2) is 60.7 Å². The molecule has 0 aromatic heterocycles. The number of ether oxygens (including phenoxy) is 3. The second-order valence-electron chi connectivity index (χ2n) is 10.8. The molecule has 2 aliphatic heterocycles. The lowest BCUT2D eigenvalue weighted by Crippen LogP contribution is -2.43. The SMILES string of the molecule is CC(N)c1cccc(-c2cc(COc3ccccc3COC=O)cc(N3CCC4(CCOCC4)CC3)c2)c1F. The number of benzene rings is 3. The Bertz CT molecular complexity index is 1280. The number of piperidine rings is 1. The van der Waals surface area contributed by atoms with Gasteiger partial charge in [0.05, 0.1) is 0 Å². The van der Waals surface area contributed by atoms with Gasteiger partial charge in [-0.2, -0.15) is 0 Å². The van der Waals surface area contributed by atoms with E-state index in [0.717, 1.165) is 74.4 Å². The highest BCUT2D eigenvalue weighted by Gasteiger charge is 2.36. The predicted molar refractivity (Wildman–Crippen MR) is 150 cm³/mol. The molecule has 0 radical (unpaired) electrons. The molecule has 2 heterocycles. The zero-order chi connectivity index (χ0) is 27.2. The number of carbonyl (C=O) groups is 1. The minimum absolute atomic E-state index is 0.140. The van der Waals surface area contributed by atoms with E-state index >= 15 is 4.39 Å². The molecule has 39 heavy (non-hydrogen) atoms. The molecule has 2 N–H and O–H groups in total. The van der Waals surface area contributed by atoms with E-state index in [2.05, 4.69) is 17.0 Å². The Morgan fingerprint density at radius 1 is 1.03 bits per heavy atom. The van der Waals surface area contributed by atoms with Crippen molar-refractivity contribution in [3.63, 3.8) is 0 Å². The van der Waals surface area contributed by atoms with Gasteiger partial charge in [-0.05, 0) is 73.4 Å². The molecule has 6 nitrogen and oxygen atoms in total. The Labute approximate surface area is 229 Å². The van der Waals surface area contributed by atoms with Crippen LogP contribution in [0.1, 0.15) is 55.3 Å². The summed E-state index contributed by atoms with van der Waals surface area (Å²) >= 11 is 0. The first-order chi connectivity index (χ1) is 19.0. The van der Waals surface area contributed by atoms with Crippen LogP contribution in [0.4, 0.5) is 10.1 Å². The number of hydrogen-bond acceptors (Lipinski definition) is 6. The summed E-state index contributed by atoms with van der Waals surface area (Å²) in [5.41, 5.74) is 11.1. The molecule has 1 spiro atoms. The van der Waals surface area contributed by atoms with E-state index in [0.29, 0.717) is 35.4 Å². The third-order valence-electron chi connectivity index (χ3n) is 8.22. The molecule has 2 aliphatic rings. The summed E-state index contributed by atoms with van der Waals surface area (Å²) < 4.78 is 32.4. The second kappa shape index (κ2) is 12.2. The molecule has 2 fully saturated rings. The normalized spacial score (nSPS) is 17.6. The Kier molecular flexibility index (Phi) is 8.48. The van der Waals surface area contributed by atoms with Crippen molar-refractivity contribution in [2.24, 2.45) is 11.1 Å². The fourth-order valence-corrected chi connectivity index (χ4v) is 5.81. The third-order valence-corrected chi connectivity index (χ3v) is 8.22. The summed E-state index contributed by atoms with van der Waals surface area (Å²) in [5, 5.41) is 0. The van der Waals surface area contributed by atoms with Crippen LogP contribution in [0.25, 0.3) is 11.1 Å². The lowest BCUT2D eigenvalue weighted by Gasteiger charge is -2.45. The van der Waals surface area contributed by atoms with Gasteiger partial charge in [0, 0.05) is 54.7 Å². The van der Waals surface area contributed by atoms with Crippen molar-refractivity contribution in [1.29, 1.82) is 0 Å². The van der Waals surface area contributed by atoms with Gasteiger partial charge < -0.3 is 24.8 Å². The molecule has 0 bridgehead atoms. The van der Waals surface area contributed by atoms with Crippen LogP contribution < -0.4 is 15.4 Å². The minimum Gasteiger partial charge on any atom is -0.488 e. The molecule has 1 unspecified atom stereocenters. The summed E-state index contributed by atoms with van der Waals surface area (Å²) in [6.07, 6.45) is 4.51. The Balaban J connectivity index is 1.44. The summed E-state index contributed by atoms with van der Waals surface area (Å²) in [6, 6.07) is 18.7. The molecule has 0 aliphatic carbocycles. The molecule has 7 heteroatoms. The van der Waals surface area contributed by atoms with E-state index in [1.165, 1.54) is 0 Å². The van der Waals surface area contributed by atoms with Crippen LogP contribution in [-0.2, 0) is 27.5 Å². The zero-order valence-electron chi connectivity index (χ0n) is 22.5. The van der Waals surface area contributed by atoms with Gasteiger partial charge in [-0.1, -0.05) is 36.4 Å². The van der Waals surface area contributed by atoms with Crippen molar-refractivity contribution in [1.82, 2.24) is 0 Å². The first-order valence-corrected chi connectivity index (χ1v) is 13.7. The molecule has 2 saturated heterocycles. The van der Waals surface area contributed by atoms with Crippen LogP contribution in [0.3, 0.4) is 0 Å². The van der Waals surface area contributed by atoms with Crippen molar-refractivity contribution in [3.8, 4) is 16.9 Å². The van der Waals surface area contributed by atoms with Gasteiger partial charge in [0.15, 0.2) is 0 Å². The highest BCUT2D eigenvalue weighted by atomic mass is 19.1. The number of carbonyl (C=O) groups excluding carboxylic acids is 1. The summed E-state index contributed by atoms with van der Waals surface area (Å²) in [6.45, 7) is 6.28. The van der Waals surface area contributed by atoms with E-state index in [1.807, 2.05) is 42.5 Å². The summed E-state index contributed by atoms with van der Waals surface area (Å²) in [4.78, 5) is 13.1. The van der Waals surface area contributed by atoms with Crippen LogP contribution in [0.5, 0.6) is 5.75 Å². The van der Waals surface area contributed by atoms with Crippen molar-refractivity contribution in [2.45, 2.75) is 51.9 Å². The number of anilines is 1. The van der Waals surface area contributed by atoms with Gasteiger partial charge in [0.25, 0.3) is 6.47 Å². The largest absolute Gasteiger partial charge is 0.488 e. The van der Waals surface area contributed by atoms with Gasteiger partial charge in [-0.3, -0.25) is 4.79 Å². The van der Waals surface area contributed by atoms with Crippen LogP contribution in [-0.4, -0.2) is 32.8 Å². The Morgan fingerprint density at radius 2 is 1.79 bits per heavy atom. The Morgan fingerprint density at radius 3 is 2.54 bits per heavy atom. The van der Waals surface area contributed by atoms with E-state index in [4.69, 9.17) is 19.9 Å². The third kappa shape index (κ3) is 6.26. The lowest BCUT2D eigenvalue weighted by atomic mass is 9.72. The average molecular weight is 533 g/mol. The fraction of sp³-hybridized carbons (Fsp3) is 0.406.